The molecule has 1 aromatic carbocycles. The number of ether oxygens (including phenoxy) is 2. The first-order chi connectivity index (χ1) is 26.2. The van der Waals surface area contributed by atoms with Crippen LogP contribution in [0.1, 0.15) is 74.0 Å². The van der Waals surface area contributed by atoms with Crippen molar-refractivity contribution in [2.24, 2.45) is 10.9 Å². The first-order valence-electron chi connectivity index (χ1n) is 17.7. The molecule has 0 bridgehead atoms. The number of pyridine rings is 1. The van der Waals surface area contributed by atoms with E-state index in [0.717, 1.165) is 31.5 Å². The van der Waals surface area contributed by atoms with Gasteiger partial charge in [0.15, 0.2) is 0 Å². The number of likely N-dealkylation sites (tertiary alicyclic amines) is 1. The fraction of sp³-hybridized carbons (Fsp3) is 0.421. The van der Waals surface area contributed by atoms with E-state index in [9.17, 15) is 27.6 Å². The van der Waals surface area contributed by atoms with Crippen LogP contribution in [-0.2, 0) is 9.53 Å². The third-order valence-electron chi connectivity index (χ3n) is 9.33. The predicted molar refractivity (Wildman–Crippen MR) is 200 cm³/mol. The van der Waals surface area contributed by atoms with Gasteiger partial charge in [0.2, 0.25) is 5.91 Å². The third-order valence-corrected chi connectivity index (χ3v) is 9.33. The van der Waals surface area contributed by atoms with Gasteiger partial charge in [0.05, 0.1) is 36.2 Å². The number of allylic oxidation sites excluding steroid dienone is 1. The lowest BCUT2D eigenvalue weighted by atomic mass is 10.0. The molecular formula is C38H44F3N9O5. The highest BCUT2D eigenvalue weighted by molar-refractivity contribution is 6.06. The van der Waals surface area contributed by atoms with E-state index in [1.165, 1.54) is 44.8 Å². The minimum atomic E-state index is -5.04. The number of anilines is 2. The Morgan fingerprint density at radius 3 is 2.58 bits per heavy atom. The SMILES string of the molecule is C#C/C(=C\N=C(C)c1ccc(NC(=O)c2ccc(N3CCNCC3C)nc2)cc1OC(F)(F)F)c1cnc(C2CCCN2C(=O)C(NC(=O)OC)C(C)C)[nH]1. The number of aliphatic imine (C=N–C) groups is 1. The number of aromatic nitrogens is 3. The maximum atomic E-state index is 13.6. The average molecular weight is 764 g/mol. The van der Waals surface area contributed by atoms with E-state index >= 15 is 0 Å². The first-order valence-corrected chi connectivity index (χ1v) is 17.7. The number of halogens is 3. The molecule has 4 N–H and O–H groups in total. The molecule has 0 spiro atoms. The highest BCUT2D eigenvalue weighted by Crippen LogP contribution is 2.33. The molecule has 2 fully saturated rings. The monoisotopic (exact) mass is 763 g/mol. The minimum Gasteiger partial charge on any atom is -0.453 e. The fourth-order valence-corrected chi connectivity index (χ4v) is 6.43. The Morgan fingerprint density at radius 2 is 1.93 bits per heavy atom. The van der Waals surface area contributed by atoms with Gasteiger partial charge in [-0.25, -0.2) is 14.8 Å². The van der Waals surface area contributed by atoms with E-state index in [2.05, 4.69) is 58.4 Å². The lowest BCUT2D eigenvalue weighted by Gasteiger charge is -2.34. The molecule has 14 nitrogen and oxygen atoms in total. The smallest absolute Gasteiger partial charge is 0.453 e. The van der Waals surface area contributed by atoms with Crippen LogP contribution < -0.4 is 25.6 Å². The summed E-state index contributed by atoms with van der Waals surface area (Å²) < 4.78 is 49.7. The molecule has 2 aliphatic heterocycles. The number of imidazole rings is 1. The molecule has 0 aliphatic carbocycles. The van der Waals surface area contributed by atoms with Crippen LogP contribution in [0.2, 0.25) is 0 Å². The van der Waals surface area contributed by atoms with Gasteiger partial charge in [-0.05, 0) is 56.9 Å². The number of alkyl halides is 3. The Kier molecular flexibility index (Phi) is 12.8. The topological polar surface area (TPSA) is 166 Å². The summed E-state index contributed by atoms with van der Waals surface area (Å²) in [4.78, 5) is 58.6. The van der Waals surface area contributed by atoms with Crippen LogP contribution in [0.5, 0.6) is 5.75 Å². The molecule has 5 rings (SSSR count). The summed E-state index contributed by atoms with van der Waals surface area (Å²) in [6, 6.07) is 6.20. The maximum absolute atomic E-state index is 13.6. The third kappa shape index (κ3) is 10.0. The van der Waals surface area contributed by atoms with Gasteiger partial charge in [-0.15, -0.1) is 19.6 Å². The minimum absolute atomic E-state index is 0.00443. The number of hydrogen-bond acceptors (Lipinski definition) is 10. The van der Waals surface area contributed by atoms with Gasteiger partial charge in [-0.1, -0.05) is 19.8 Å². The standard InChI is InChI=1S/C38H44F3N9O5/c1-7-25(29-21-45-34(47-29)30-9-8-15-50(30)36(52)33(22(2)3)48-37(53)54-6)19-43-24(5)28-12-11-27(17-31(28)55-38(39,40)41)46-35(51)26-10-13-32(44-20-26)49-16-14-42-18-23(49)4/h1,10-13,17,19-23,30,33,42H,8-9,14-16,18H2,2-6H3,(H,45,47)(H,46,51)(H,48,53)/b25-19+,43-24?. The quantitative estimate of drug-likeness (QED) is 0.150. The fourth-order valence-electron chi connectivity index (χ4n) is 6.43. The molecule has 2 aromatic heterocycles. The lowest BCUT2D eigenvalue weighted by molar-refractivity contribution is -0.274. The molecule has 0 saturated carbocycles. The summed E-state index contributed by atoms with van der Waals surface area (Å²) in [5, 5.41) is 8.52. The number of rotatable bonds is 11. The highest BCUT2D eigenvalue weighted by atomic mass is 19.4. The number of terminal acetylenes is 1. The summed E-state index contributed by atoms with van der Waals surface area (Å²) in [6.45, 7) is 10.0. The first kappa shape index (κ1) is 40.3. The summed E-state index contributed by atoms with van der Waals surface area (Å²) in [5.74, 6) is 2.09. The molecule has 17 heteroatoms. The summed E-state index contributed by atoms with van der Waals surface area (Å²) in [6.07, 6.45) is 5.61. The molecule has 3 amide bonds. The summed E-state index contributed by atoms with van der Waals surface area (Å²) in [7, 11) is 1.23. The zero-order valence-electron chi connectivity index (χ0n) is 31.2. The molecular weight excluding hydrogens is 719 g/mol. The number of hydrogen-bond donors (Lipinski definition) is 4. The summed E-state index contributed by atoms with van der Waals surface area (Å²) in [5.41, 5.74) is 1.07. The Balaban J connectivity index is 1.32. The van der Waals surface area contributed by atoms with Gasteiger partial charge in [0, 0.05) is 67.6 Å². The van der Waals surface area contributed by atoms with Crippen molar-refractivity contribution >= 4 is 40.7 Å². The van der Waals surface area contributed by atoms with E-state index in [1.54, 1.807) is 17.0 Å². The number of aromatic amines is 1. The van der Waals surface area contributed by atoms with Gasteiger partial charge in [0.1, 0.15) is 23.4 Å². The second-order valence-electron chi connectivity index (χ2n) is 13.5. The van der Waals surface area contributed by atoms with Crippen molar-refractivity contribution in [2.45, 2.75) is 65.0 Å². The number of piperazine rings is 1. The van der Waals surface area contributed by atoms with Crippen molar-refractivity contribution in [3.05, 3.63) is 71.6 Å². The van der Waals surface area contributed by atoms with Crippen LogP contribution in [0.25, 0.3) is 5.57 Å². The van der Waals surface area contributed by atoms with Gasteiger partial charge in [0.25, 0.3) is 5.91 Å². The van der Waals surface area contributed by atoms with Crippen molar-refractivity contribution < 1.29 is 37.0 Å². The number of H-pyrrole nitrogens is 1. The number of methoxy groups -OCH3 is 1. The molecule has 2 aliphatic rings. The van der Waals surface area contributed by atoms with E-state index in [-0.39, 0.29) is 46.0 Å². The molecule has 0 radical (unpaired) electrons. The Hall–Kier alpha value is -5.89. The van der Waals surface area contributed by atoms with Crippen molar-refractivity contribution in [3.8, 4) is 18.1 Å². The van der Waals surface area contributed by atoms with E-state index in [1.807, 2.05) is 13.8 Å². The van der Waals surface area contributed by atoms with Crippen LogP contribution in [0, 0.1) is 18.3 Å². The van der Waals surface area contributed by atoms with E-state index in [0.29, 0.717) is 30.9 Å². The van der Waals surface area contributed by atoms with Crippen molar-refractivity contribution in [1.82, 2.24) is 30.5 Å². The number of benzene rings is 1. The van der Waals surface area contributed by atoms with Gasteiger partial charge in [-0.3, -0.25) is 14.6 Å². The second-order valence-corrected chi connectivity index (χ2v) is 13.5. The van der Waals surface area contributed by atoms with E-state index in [4.69, 9.17) is 11.2 Å². The van der Waals surface area contributed by atoms with Gasteiger partial charge >= 0.3 is 12.5 Å². The van der Waals surface area contributed by atoms with Crippen LogP contribution in [-0.4, -0.2) is 95.2 Å². The number of nitrogens with zero attached hydrogens (tertiary/aromatic N) is 5. The normalized spacial score (nSPS) is 18.5. The van der Waals surface area contributed by atoms with Crippen LogP contribution >= 0.6 is 0 Å². The molecule has 292 valence electrons. The molecule has 55 heavy (non-hydrogen) atoms. The average Bonchev–Trinajstić information content (AvgIpc) is 3.84. The zero-order valence-corrected chi connectivity index (χ0v) is 31.2. The molecule has 4 heterocycles. The van der Waals surface area contributed by atoms with Crippen molar-refractivity contribution in [2.75, 3.05) is 43.5 Å². The van der Waals surface area contributed by atoms with Crippen molar-refractivity contribution in [3.63, 3.8) is 0 Å². The Morgan fingerprint density at radius 1 is 1.15 bits per heavy atom. The van der Waals surface area contributed by atoms with Gasteiger partial charge in [-0.2, -0.15) is 0 Å². The van der Waals surface area contributed by atoms with Crippen molar-refractivity contribution in [1.29, 1.82) is 0 Å². The highest BCUT2D eigenvalue weighted by Gasteiger charge is 2.37. The number of carbonyl (C=O) groups is 3. The number of carbonyl (C=O) groups excluding carboxylic acids is 3. The number of nitrogens with one attached hydrogen (secondary N) is 4. The Bertz CT molecular complexity index is 1970. The molecule has 3 aromatic rings. The molecule has 2 saturated heterocycles. The second kappa shape index (κ2) is 17.5. The maximum Gasteiger partial charge on any atom is 0.573 e. The van der Waals surface area contributed by atoms with Crippen LogP contribution in [0.3, 0.4) is 0 Å². The van der Waals surface area contributed by atoms with E-state index < -0.39 is 36.2 Å². The molecule has 3 unspecified atom stereocenters. The number of alkyl carbamates (subject to hydrolysis) is 1. The largest absolute Gasteiger partial charge is 0.573 e. The van der Waals surface area contributed by atoms with Crippen LogP contribution in [0.4, 0.5) is 29.5 Å². The Labute approximate surface area is 317 Å². The number of amides is 3. The summed E-state index contributed by atoms with van der Waals surface area (Å²) >= 11 is 0. The lowest BCUT2D eigenvalue weighted by Crippen LogP contribution is -2.51. The zero-order chi connectivity index (χ0) is 39.9. The molecule has 3 atom stereocenters. The van der Waals surface area contributed by atoms with Gasteiger partial charge < -0.3 is 40.2 Å². The predicted octanol–water partition coefficient (Wildman–Crippen LogP) is 5.28. The van der Waals surface area contributed by atoms with Crippen LogP contribution in [0.15, 0.2) is 53.9 Å².